The molecule has 1 aliphatic rings. The maximum atomic E-state index is 13.5. The lowest BCUT2D eigenvalue weighted by molar-refractivity contribution is -0.115. The summed E-state index contributed by atoms with van der Waals surface area (Å²) in [5.41, 5.74) is 11.1. The van der Waals surface area contributed by atoms with E-state index in [2.05, 4.69) is 4.98 Å². The van der Waals surface area contributed by atoms with Gasteiger partial charge in [-0.2, -0.15) is 0 Å². The van der Waals surface area contributed by atoms with Gasteiger partial charge in [0.15, 0.2) is 5.78 Å². The number of aromatic amines is 1. The van der Waals surface area contributed by atoms with Crippen LogP contribution in [-0.4, -0.2) is 21.4 Å². The molecular formula is C30H29ClN2O2. The van der Waals surface area contributed by atoms with Crippen LogP contribution < -0.4 is 5.73 Å². The zero-order chi connectivity index (χ0) is 24.7. The number of carbonyl (C=O) groups is 1. The lowest BCUT2D eigenvalue weighted by atomic mass is 9.82. The average Bonchev–Trinajstić information content (AvgIpc) is 3.31. The molecule has 4 N–H and O–H groups in total. The SMILES string of the molecule is CC(C)(N)Cc1c(C(C2=C(O)C(c3ccccc3)CC2=O)c2ccccc2)[nH]c2cc(Cl)ccc12. The molecule has 2 unspecified atom stereocenters. The Bertz CT molecular complexity index is 1420. The first-order valence-electron chi connectivity index (χ1n) is 11.9. The van der Waals surface area contributed by atoms with Gasteiger partial charge in [0.2, 0.25) is 0 Å². The number of Topliss-reactive ketones (excluding diaryl/α,β-unsaturated/α-hetero) is 1. The molecule has 1 heterocycles. The summed E-state index contributed by atoms with van der Waals surface area (Å²) >= 11 is 6.32. The van der Waals surface area contributed by atoms with E-state index in [1.54, 1.807) is 0 Å². The normalized spacial score (nSPS) is 17.4. The number of carbonyl (C=O) groups excluding carboxylic acids is 1. The number of aromatic nitrogens is 1. The quantitative estimate of drug-likeness (QED) is 0.281. The monoisotopic (exact) mass is 484 g/mol. The molecule has 3 aromatic carbocycles. The van der Waals surface area contributed by atoms with Crippen molar-refractivity contribution in [3.63, 3.8) is 0 Å². The molecular weight excluding hydrogens is 456 g/mol. The van der Waals surface area contributed by atoms with Gasteiger partial charge in [-0.15, -0.1) is 0 Å². The van der Waals surface area contributed by atoms with Crippen molar-refractivity contribution in [2.75, 3.05) is 0 Å². The maximum Gasteiger partial charge on any atom is 0.164 e. The minimum Gasteiger partial charge on any atom is -0.511 e. The Kier molecular flexibility index (Phi) is 6.04. The number of ketones is 1. The van der Waals surface area contributed by atoms with E-state index in [1.807, 2.05) is 92.7 Å². The molecule has 0 amide bonds. The zero-order valence-electron chi connectivity index (χ0n) is 19.9. The van der Waals surface area contributed by atoms with Crippen LogP contribution in [0.1, 0.15) is 54.5 Å². The molecule has 35 heavy (non-hydrogen) atoms. The second kappa shape index (κ2) is 9.03. The summed E-state index contributed by atoms with van der Waals surface area (Å²) in [5, 5.41) is 13.2. The Morgan fingerprint density at radius 3 is 2.37 bits per heavy atom. The van der Waals surface area contributed by atoms with Gasteiger partial charge in [-0.05, 0) is 49.1 Å². The van der Waals surface area contributed by atoms with Crippen molar-refractivity contribution in [3.05, 3.63) is 118 Å². The van der Waals surface area contributed by atoms with Crippen molar-refractivity contribution < 1.29 is 9.90 Å². The molecule has 5 rings (SSSR count). The van der Waals surface area contributed by atoms with E-state index < -0.39 is 11.5 Å². The summed E-state index contributed by atoms with van der Waals surface area (Å²) in [5.74, 6) is -0.705. The molecule has 0 bridgehead atoms. The van der Waals surface area contributed by atoms with Gasteiger partial charge in [-0.1, -0.05) is 78.3 Å². The first-order chi connectivity index (χ1) is 16.7. The number of aliphatic hydroxyl groups excluding tert-OH is 1. The third kappa shape index (κ3) is 4.52. The Morgan fingerprint density at radius 1 is 1.06 bits per heavy atom. The van der Waals surface area contributed by atoms with Crippen molar-refractivity contribution in [1.82, 2.24) is 4.98 Å². The van der Waals surface area contributed by atoms with Crippen molar-refractivity contribution in [2.24, 2.45) is 5.73 Å². The van der Waals surface area contributed by atoms with Crippen LogP contribution in [-0.2, 0) is 11.2 Å². The van der Waals surface area contributed by atoms with Gasteiger partial charge in [0, 0.05) is 45.1 Å². The Labute approximate surface area is 210 Å². The number of nitrogens with one attached hydrogen (secondary N) is 1. The highest BCUT2D eigenvalue weighted by molar-refractivity contribution is 6.31. The lowest BCUT2D eigenvalue weighted by Gasteiger charge is -2.24. The highest BCUT2D eigenvalue weighted by atomic mass is 35.5. The first kappa shape index (κ1) is 23.4. The summed E-state index contributed by atoms with van der Waals surface area (Å²) in [4.78, 5) is 17.1. The van der Waals surface area contributed by atoms with Gasteiger partial charge < -0.3 is 15.8 Å². The summed E-state index contributed by atoms with van der Waals surface area (Å²) in [7, 11) is 0. The van der Waals surface area contributed by atoms with Gasteiger partial charge >= 0.3 is 0 Å². The second-order valence-electron chi connectivity index (χ2n) is 10.1. The molecule has 0 radical (unpaired) electrons. The minimum atomic E-state index is -0.479. The highest BCUT2D eigenvalue weighted by Crippen LogP contribution is 2.46. The number of allylic oxidation sites excluding steroid dienone is 2. The van der Waals surface area contributed by atoms with Gasteiger partial charge in [0.05, 0.1) is 5.92 Å². The number of H-pyrrole nitrogens is 1. The standard InChI is InChI=1S/C30H29ClN2O2/c1-30(2,32)17-23-21-14-13-20(31)15-24(21)33-28(23)26(19-11-7-4-8-12-19)27-25(34)16-22(29(27)35)18-9-5-3-6-10-18/h3-15,22,26,33,35H,16-17,32H2,1-2H3. The molecule has 1 aromatic heterocycles. The van der Waals surface area contributed by atoms with E-state index in [1.165, 1.54) is 0 Å². The summed E-state index contributed by atoms with van der Waals surface area (Å²) in [6.45, 7) is 3.98. The van der Waals surface area contributed by atoms with Crippen LogP contribution in [0.25, 0.3) is 10.9 Å². The van der Waals surface area contributed by atoms with Crippen molar-refractivity contribution >= 4 is 28.3 Å². The van der Waals surface area contributed by atoms with E-state index in [0.717, 1.165) is 33.3 Å². The van der Waals surface area contributed by atoms with Gasteiger partial charge in [-0.3, -0.25) is 4.79 Å². The van der Waals surface area contributed by atoms with Crippen molar-refractivity contribution in [1.29, 1.82) is 0 Å². The molecule has 0 fully saturated rings. The number of fused-ring (bicyclic) bond motifs is 1. The summed E-state index contributed by atoms with van der Waals surface area (Å²) < 4.78 is 0. The number of rotatable bonds is 6. The fourth-order valence-corrected chi connectivity index (χ4v) is 5.43. The molecule has 0 spiro atoms. The van der Waals surface area contributed by atoms with Crippen LogP contribution in [0, 0.1) is 0 Å². The van der Waals surface area contributed by atoms with E-state index >= 15 is 0 Å². The molecule has 4 nitrogen and oxygen atoms in total. The van der Waals surface area contributed by atoms with E-state index in [9.17, 15) is 9.90 Å². The Morgan fingerprint density at radius 2 is 1.71 bits per heavy atom. The zero-order valence-corrected chi connectivity index (χ0v) is 20.6. The fraction of sp³-hybridized carbons (Fsp3) is 0.233. The highest BCUT2D eigenvalue weighted by Gasteiger charge is 2.40. The summed E-state index contributed by atoms with van der Waals surface area (Å²) in [6.07, 6.45) is 0.843. The van der Waals surface area contributed by atoms with E-state index in [0.29, 0.717) is 17.0 Å². The molecule has 4 aromatic rings. The summed E-state index contributed by atoms with van der Waals surface area (Å²) in [6, 6.07) is 25.4. The van der Waals surface area contributed by atoms with Crippen LogP contribution in [0.5, 0.6) is 0 Å². The van der Waals surface area contributed by atoms with Crippen LogP contribution in [0.15, 0.2) is 90.2 Å². The van der Waals surface area contributed by atoms with Crippen molar-refractivity contribution in [3.8, 4) is 0 Å². The Hall–Kier alpha value is -3.34. The predicted molar refractivity (Wildman–Crippen MR) is 142 cm³/mol. The number of nitrogens with two attached hydrogens (primary N) is 1. The molecule has 2 atom stereocenters. The van der Waals surface area contributed by atoms with E-state index in [4.69, 9.17) is 17.3 Å². The maximum absolute atomic E-state index is 13.5. The van der Waals surface area contributed by atoms with Gasteiger partial charge in [0.1, 0.15) is 5.76 Å². The topological polar surface area (TPSA) is 79.1 Å². The van der Waals surface area contributed by atoms with Gasteiger partial charge in [0.25, 0.3) is 0 Å². The van der Waals surface area contributed by atoms with Crippen LogP contribution in [0.2, 0.25) is 5.02 Å². The molecule has 0 saturated carbocycles. The number of hydrogen-bond acceptors (Lipinski definition) is 3. The third-order valence-corrected chi connectivity index (χ3v) is 6.98. The molecule has 178 valence electrons. The molecule has 5 heteroatoms. The Balaban J connectivity index is 1.76. The molecule has 0 saturated heterocycles. The van der Waals surface area contributed by atoms with Crippen LogP contribution in [0.4, 0.5) is 0 Å². The molecule has 0 aliphatic heterocycles. The third-order valence-electron chi connectivity index (χ3n) is 6.74. The first-order valence-corrected chi connectivity index (χ1v) is 12.3. The fourth-order valence-electron chi connectivity index (χ4n) is 5.26. The lowest BCUT2D eigenvalue weighted by Crippen LogP contribution is -2.35. The van der Waals surface area contributed by atoms with Crippen LogP contribution >= 0.6 is 11.6 Å². The average molecular weight is 485 g/mol. The van der Waals surface area contributed by atoms with Crippen molar-refractivity contribution in [2.45, 2.75) is 44.1 Å². The second-order valence-corrected chi connectivity index (χ2v) is 10.5. The number of hydrogen-bond donors (Lipinski definition) is 3. The number of benzene rings is 3. The van der Waals surface area contributed by atoms with Crippen LogP contribution in [0.3, 0.4) is 0 Å². The number of aliphatic hydroxyl groups is 1. The van der Waals surface area contributed by atoms with E-state index in [-0.39, 0.29) is 23.9 Å². The smallest absolute Gasteiger partial charge is 0.164 e. The van der Waals surface area contributed by atoms with Gasteiger partial charge in [-0.25, -0.2) is 0 Å². The minimum absolute atomic E-state index is 0.0418. The largest absolute Gasteiger partial charge is 0.511 e. The molecule has 1 aliphatic carbocycles. The number of halogens is 1. The predicted octanol–water partition coefficient (Wildman–Crippen LogP) is 6.80.